The quantitative estimate of drug-likeness (QED) is 0.663. The van der Waals surface area contributed by atoms with Crippen LogP contribution in [0.2, 0.25) is 0 Å². The molecule has 1 heterocycles. The standard InChI is InChI=1S/C18H30N4/c1-14-9-15(2)12-22(11-14)13-17-8-6-5-7-16(17)10-21-18(19-3)20-4/h5-8,14-15H,9-13H2,1-4H3,(H2,19,20,21). The Balaban J connectivity index is 2.01. The molecule has 1 aliphatic heterocycles. The van der Waals surface area contributed by atoms with Gasteiger partial charge in [0.25, 0.3) is 0 Å². The van der Waals surface area contributed by atoms with Crippen molar-refractivity contribution in [3.63, 3.8) is 0 Å². The molecule has 2 N–H and O–H groups in total. The fourth-order valence-electron chi connectivity index (χ4n) is 3.50. The molecule has 4 nitrogen and oxygen atoms in total. The molecule has 0 bridgehead atoms. The average molecular weight is 302 g/mol. The summed E-state index contributed by atoms with van der Waals surface area (Å²) in [4.78, 5) is 6.77. The molecule has 0 saturated carbocycles. The van der Waals surface area contributed by atoms with Gasteiger partial charge in [-0.1, -0.05) is 38.1 Å². The van der Waals surface area contributed by atoms with E-state index in [2.05, 4.69) is 58.6 Å². The summed E-state index contributed by atoms with van der Waals surface area (Å²) in [7, 11) is 3.68. The number of hydrogen-bond donors (Lipinski definition) is 2. The van der Waals surface area contributed by atoms with Crippen molar-refractivity contribution in [2.75, 3.05) is 27.2 Å². The van der Waals surface area contributed by atoms with Crippen LogP contribution in [0.25, 0.3) is 0 Å². The van der Waals surface area contributed by atoms with Gasteiger partial charge < -0.3 is 10.6 Å². The summed E-state index contributed by atoms with van der Waals surface area (Å²) in [6.07, 6.45) is 1.36. The lowest BCUT2D eigenvalue weighted by atomic mass is 9.91. The lowest BCUT2D eigenvalue weighted by Gasteiger charge is -2.35. The van der Waals surface area contributed by atoms with Crippen LogP contribution in [0.1, 0.15) is 31.4 Å². The molecule has 2 rings (SSSR count). The molecule has 2 unspecified atom stereocenters. The number of piperidine rings is 1. The van der Waals surface area contributed by atoms with Crippen LogP contribution in [-0.2, 0) is 13.1 Å². The van der Waals surface area contributed by atoms with Gasteiger partial charge in [0.05, 0.1) is 0 Å². The molecule has 1 fully saturated rings. The minimum absolute atomic E-state index is 0.803. The van der Waals surface area contributed by atoms with Crippen LogP contribution in [0.5, 0.6) is 0 Å². The Hall–Kier alpha value is -1.55. The number of benzene rings is 1. The van der Waals surface area contributed by atoms with Gasteiger partial charge in [0.15, 0.2) is 5.96 Å². The third-order valence-corrected chi connectivity index (χ3v) is 4.36. The molecule has 1 aliphatic rings. The number of likely N-dealkylation sites (tertiary alicyclic amines) is 1. The number of aliphatic imine (C=N–C) groups is 1. The maximum Gasteiger partial charge on any atom is 0.190 e. The van der Waals surface area contributed by atoms with E-state index in [1.165, 1.54) is 30.6 Å². The largest absolute Gasteiger partial charge is 0.359 e. The van der Waals surface area contributed by atoms with E-state index in [4.69, 9.17) is 0 Å². The maximum absolute atomic E-state index is 4.17. The van der Waals surface area contributed by atoms with Gasteiger partial charge in [0, 0.05) is 40.3 Å². The van der Waals surface area contributed by atoms with Gasteiger partial charge in [-0.05, 0) is 29.4 Å². The summed E-state index contributed by atoms with van der Waals surface area (Å²) in [6, 6.07) is 8.72. The number of rotatable bonds is 4. The Labute approximate surface area is 135 Å². The molecular formula is C18H30N4. The fraction of sp³-hybridized carbons (Fsp3) is 0.611. The van der Waals surface area contributed by atoms with Gasteiger partial charge in [0.1, 0.15) is 0 Å². The zero-order chi connectivity index (χ0) is 15.9. The van der Waals surface area contributed by atoms with Gasteiger partial charge in [-0.15, -0.1) is 0 Å². The maximum atomic E-state index is 4.17. The zero-order valence-corrected chi connectivity index (χ0v) is 14.4. The molecule has 1 saturated heterocycles. The van der Waals surface area contributed by atoms with E-state index < -0.39 is 0 Å². The molecule has 122 valence electrons. The second-order valence-electron chi connectivity index (χ2n) is 6.58. The third kappa shape index (κ3) is 4.73. The second-order valence-corrected chi connectivity index (χ2v) is 6.58. The minimum Gasteiger partial charge on any atom is -0.359 e. The second kappa shape index (κ2) is 8.18. The molecule has 4 heteroatoms. The van der Waals surface area contributed by atoms with Crippen LogP contribution in [0.3, 0.4) is 0 Å². The first-order valence-corrected chi connectivity index (χ1v) is 8.30. The highest BCUT2D eigenvalue weighted by Crippen LogP contribution is 2.23. The number of nitrogens with one attached hydrogen (secondary N) is 2. The van der Waals surface area contributed by atoms with Crippen LogP contribution in [0.4, 0.5) is 0 Å². The molecule has 1 aromatic carbocycles. The number of hydrogen-bond acceptors (Lipinski definition) is 2. The first kappa shape index (κ1) is 16.8. The Morgan fingerprint density at radius 2 is 1.82 bits per heavy atom. The van der Waals surface area contributed by atoms with Crippen molar-refractivity contribution in [1.82, 2.24) is 15.5 Å². The molecule has 0 aromatic heterocycles. The summed E-state index contributed by atoms with van der Waals surface area (Å²) in [6.45, 7) is 9.02. The molecule has 1 aromatic rings. The number of guanidine groups is 1. The van der Waals surface area contributed by atoms with Crippen molar-refractivity contribution < 1.29 is 0 Å². The fourth-order valence-corrected chi connectivity index (χ4v) is 3.50. The Morgan fingerprint density at radius 3 is 2.41 bits per heavy atom. The molecule has 0 radical (unpaired) electrons. The Bertz CT molecular complexity index is 488. The van der Waals surface area contributed by atoms with E-state index >= 15 is 0 Å². The van der Waals surface area contributed by atoms with E-state index in [-0.39, 0.29) is 0 Å². The molecule has 22 heavy (non-hydrogen) atoms. The van der Waals surface area contributed by atoms with Crippen molar-refractivity contribution in [1.29, 1.82) is 0 Å². The van der Waals surface area contributed by atoms with Gasteiger partial charge in [-0.25, -0.2) is 0 Å². The summed E-state index contributed by atoms with van der Waals surface area (Å²) in [5.41, 5.74) is 2.77. The predicted molar refractivity (Wildman–Crippen MR) is 93.9 cm³/mol. The van der Waals surface area contributed by atoms with Crippen molar-refractivity contribution >= 4 is 5.96 Å². The van der Waals surface area contributed by atoms with Crippen LogP contribution >= 0.6 is 0 Å². The molecule has 0 amide bonds. The lowest BCUT2D eigenvalue weighted by Crippen LogP contribution is -2.38. The molecule has 0 aliphatic carbocycles. The minimum atomic E-state index is 0.803. The van der Waals surface area contributed by atoms with E-state index in [1.807, 2.05) is 7.05 Å². The third-order valence-electron chi connectivity index (χ3n) is 4.36. The lowest BCUT2D eigenvalue weighted by molar-refractivity contribution is 0.134. The highest BCUT2D eigenvalue weighted by molar-refractivity contribution is 5.79. The first-order valence-electron chi connectivity index (χ1n) is 8.30. The van der Waals surface area contributed by atoms with Crippen LogP contribution in [0.15, 0.2) is 29.3 Å². The summed E-state index contributed by atoms with van der Waals surface area (Å²) < 4.78 is 0. The normalized spacial score (nSPS) is 23.4. The van der Waals surface area contributed by atoms with Crippen LogP contribution in [-0.4, -0.2) is 38.0 Å². The smallest absolute Gasteiger partial charge is 0.190 e. The SMILES string of the molecule is CN=C(NC)NCc1ccccc1CN1CC(C)CC(C)C1. The van der Waals surface area contributed by atoms with E-state index in [0.717, 1.165) is 30.9 Å². The van der Waals surface area contributed by atoms with E-state index in [9.17, 15) is 0 Å². The number of nitrogens with zero attached hydrogens (tertiary/aromatic N) is 2. The van der Waals surface area contributed by atoms with Crippen molar-refractivity contribution in [2.45, 2.75) is 33.4 Å². The average Bonchev–Trinajstić information content (AvgIpc) is 2.49. The molecule has 2 atom stereocenters. The van der Waals surface area contributed by atoms with Gasteiger partial charge in [0.2, 0.25) is 0 Å². The zero-order valence-electron chi connectivity index (χ0n) is 14.4. The van der Waals surface area contributed by atoms with E-state index in [1.54, 1.807) is 7.05 Å². The topological polar surface area (TPSA) is 39.7 Å². The van der Waals surface area contributed by atoms with Crippen molar-refractivity contribution in [3.8, 4) is 0 Å². The predicted octanol–water partition coefficient (Wildman–Crippen LogP) is 2.46. The van der Waals surface area contributed by atoms with Crippen LogP contribution in [0, 0.1) is 11.8 Å². The summed E-state index contributed by atoms with van der Waals surface area (Å²) in [5.74, 6) is 2.43. The van der Waals surface area contributed by atoms with Crippen LogP contribution < -0.4 is 10.6 Å². The molecular weight excluding hydrogens is 272 g/mol. The highest BCUT2D eigenvalue weighted by atomic mass is 15.2. The Kier molecular flexibility index (Phi) is 6.25. The van der Waals surface area contributed by atoms with Gasteiger partial charge >= 0.3 is 0 Å². The van der Waals surface area contributed by atoms with Crippen molar-refractivity contribution in [3.05, 3.63) is 35.4 Å². The van der Waals surface area contributed by atoms with Gasteiger partial charge in [-0.2, -0.15) is 0 Å². The monoisotopic (exact) mass is 302 g/mol. The first-order chi connectivity index (χ1) is 10.6. The molecule has 0 spiro atoms. The van der Waals surface area contributed by atoms with Crippen molar-refractivity contribution in [2.24, 2.45) is 16.8 Å². The van der Waals surface area contributed by atoms with Gasteiger partial charge in [-0.3, -0.25) is 9.89 Å². The highest BCUT2D eigenvalue weighted by Gasteiger charge is 2.22. The summed E-state index contributed by atoms with van der Waals surface area (Å²) in [5, 5.41) is 6.41. The Morgan fingerprint density at radius 1 is 1.18 bits per heavy atom. The summed E-state index contributed by atoms with van der Waals surface area (Å²) >= 11 is 0. The van der Waals surface area contributed by atoms with E-state index in [0.29, 0.717) is 0 Å².